The normalized spacial score (nSPS) is 20.9. The fourth-order valence-corrected chi connectivity index (χ4v) is 2.28. The molecule has 14 heavy (non-hydrogen) atoms. The van der Waals surface area contributed by atoms with Gasteiger partial charge in [0.15, 0.2) is 0 Å². The van der Waals surface area contributed by atoms with E-state index in [1.807, 2.05) is 0 Å². The molecular formula is C9H15N3OS. The smallest absolute Gasteiger partial charge is 0.0910 e. The van der Waals surface area contributed by atoms with E-state index in [9.17, 15) is 0 Å². The summed E-state index contributed by atoms with van der Waals surface area (Å²) in [6.45, 7) is 1.76. The van der Waals surface area contributed by atoms with Crippen molar-refractivity contribution in [3.05, 3.63) is 11.9 Å². The summed E-state index contributed by atoms with van der Waals surface area (Å²) >= 11 is 1.23. The van der Waals surface area contributed by atoms with Gasteiger partial charge >= 0.3 is 0 Å². The molecule has 1 aromatic heterocycles. The van der Waals surface area contributed by atoms with E-state index >= 15 is 0 Å². The van der Waals surface area contributed by atoms with E-state index in [0.29, 0.717) is 5.92 Å². The molecule has 1 saturated heterocycles. The molecule has 1 fully saturated rings. The van der Waals surface area contributed by atoms with Crippen LogP contribution in [0.1, 0.15) is 31.0 Å². The lowest BCUT2D eigenvalue weighted by Gasteiger charge is -2.23. The molecule has 0 spiro atoms. The number of aromatic nitrogens is 2. The van der Waals surface area contributed by atoms with Crippen molar-refractivity contribution >= 4 is 11.7 Å². The van der Waals surface area contributed by atoms with Gasteiger partial charge in [-0.05, 0) is 25.2 Å². The molecule has 0 amide bonds. The number of hydrogen-bond acceptors (Lipinski definition) is 5. The Morgan fingerprint density at radius 3 is 3.00 bits per heavy atom. The van der Waals surface area contributed by atoms with Crippen molar-refractivity contribution in [1.82, 2.24) is 8.75 Å². The average Bonchev–Trinajstić information content (AvgIpc) is 2.72. The van der Waals surface area contributed by atoms with Crippen LogP contribution in [0.3, 0.4) is 0 Å². The molecule has 2 heterocycles. The van der Waals surface area contributed by atoms with Gasteiger partial charge in [-0.15, -0.1) is 0 Å². The topological polar surface area (TPSA) is 61.0 Å². The molecule has 0 bridgehead atoms. The number of ether oxygens (including phenoxy) is 1. The first-order valence-corrected chi connectivity index (χ1v) is 5.70. The second-order valence-electron chi connectivity index (χ2n) is 3.73. The van der Waals surface area contributed by atoms with Crippen LogP contribution in [-0.2, 0) is 4.74 Å². The Kier molecular flexibility index (Phi) is 3.44. The number of nitrogens with zero attached hydrogens (tertiary/aromatic N) is 2. The zero-order valence-electron chi connectivity index (χ0n) is 8.06. The maximum absolute atomic E-state index is 6.03. The fourth-order valence-electron chi connectivity index (χ4n) is 1.80. The van der Waals surface area contributed by atoms with Crippen LogP contribution in [-0.4, -0.2) is 22.0 Å². The van der Waals surface area contributed by atoms with Gasteiger partial charge in [0, 0.05) is 19.3 Å². The maximum Gasteiger partial charge on any atom is 0.0910 e. The first kappa shape index (κ1) is 10.0. The number of nitrogens with two attached hydrogens (primary N) is 1. The van der Waals surface area contributed by atoms with Crippen LogP contribution < -0.4 is 5.73 Å². The van der Waals surface area contributed by atoms with Gasteiger partial charge in [-0.2, -0.15) is 8.75 Å². The summed E-state index contributed by atoms with van der Waals surface area (Å²) in [5.41, 5.74) is 6.97. The van der Waals surface area contributed by atoms with Crippen LogP contribution in [0.25, 0.3) is 0 Å². The van der Waals surface area contributed by atoms with Gasteiger partial charge in [0.1, 0.15) is 0 Å². The Morgan fingerprint density at radius 2 is 2.36 bits per heavy atom. The van der Waals surface area contributed by atoms with Gasteiger partial charge in [-0.3, -0.25) is 0 Å². The zero-order valence-corrected chi connectivity index (χ0v) is 8.87. The molecular weight excluding hydrogens is 198 g/mol. The molecule has 1 aromatic rings. The van der Waals surface area contributed by atoms with Gasteiger partial charge in [0.25, 0.3) is 0 Å². The fraction of sp³-hybridized carbons (Fsp3) is 0.778. The van der Waals surface area contributed by atoms with Gasteiger partial charge in [-0.1, -0.05) is 0 Å². The third-order valence-corrected chi connectivity index (χ3v) is 3.18. The second-order valence-corrected chi connectivity index (χ2v) is 4.29. The molecule has 0 aliphatic carbocycles. The van der Waals surface area contributed by atoms with Gasteiger partial charge < -0.3 is 10.5 Å². The third kappa shape index (κ3) is 2.50. The van der Waals surface area contributed by atoms with Crippen LogP contribution in [0.5, 0.6) is 0 Å². The first-order valence-electron chi connectivity index (χ1n) is 4.97. The van der Waals surface area contributed by atoms with Crippen LogP contribution in [0.2, 0.25) is 0 Å². The highest BCUT2D eigenvalue weighted by atomic mass is 32.1. The maximum atomic E-state index is 6.03. The van der Waals surface area contributed by atoms with Crippen molar-refractivity contribution in [1.29, 1.82) is 0 Å². The van der Waals surface area contributed by atoms with Crippen molar-refractivity contribution < 1.29 is 4.74 Å². The van der Waals surface area contributed by atoms with Crippen molar-refractivity contribution in [2.45, 2.75) is 25.3 Å². The van der Waals surface area contributed by atoms with Crippen molar-refractivity contribution in [2.75, 3.05) is 13.2 Å². The van der Waals surface area contributed by atoms with Gasteiger partial charge in [0.2, 0.25) is 0 Å². The highest BCUT2D eigenvalue weighted by Gasteiger charge is 2.19. The minimum absolute atomic E-state index is 0.0526. The van der Waals surface area contributed by atoms with E-state index in [1.165, 1.54) is 11.7 Å². The molecule has 0 saturated carbocycles. The van der Waals surface area contributed by atoms with E-state index in [-0.39, 0.29) is 6.04 Å². The Balaban J connectivity index is 1.84. The van der Waals surface area contributed by atoms with Crippen LogP contribution in [0, 0.1) is 5.92 Å². The molecule has 0 aromatic carbocycles. The lowest BCUT2D eigenvalue weighted by molar-refractivity contribution is 0.0617. The third-order valence-electron chi connectivity index (χ3n) is 2.69. The van der Waals surface area contributed by atoms with E-state index in [0.717, 1.165) is 38.2 Å². The van der Waals surface area contributed by atoms with E-state index < -0.39 is 0 Å². The molecule has 78 valence electrons. The molecule has 0 radical (unpaired) electrons. The van der Waals surface area contributed by atoms with Gasteiger partial charge in [0.05, 0.1) is 23.6 Å². The molecule has 2 N–H and O–H groups in total. The first-order chi connectivity index (χ1) is 6.86. The van der Waals surface area contributed by atoms with E-state index in [1.54, 1.807) is 6.20 Å². The summed E-state index contributed by atoms with van der Waals surface area (Å²) < 4.78 is 13.4. The lowest BCUT2D eigenvalue weighted by atomic mass is 9.92. The Labute approximate surface area is 87.8 Å². The minimum atomic E-state index is 0.0526. The van der Waals surface area contributed by atoms with Gasteiger partial charge in [-0.25, -0.2) is 0 Å². The highest BCUT2D eigenvalue weighted by molar-refractivity contribution is 6.99. The molecule has 1 aliphatic heterocycles. The molecule has 1 unspecified atom stereocenters. The Morgan fingerprint density at radius 1 is 1.57 bits per heavy atom. The highest BCUT2D eigenvalue weighted by Crippen LogP contribution is 2.25. The summed E-state index contributed by atoms with van der Waals surface area (Å²) in [6, 6.07) is 0.0526. The number of hydrogen-bond donors (Lipinski definition) is 1. The van der Waals surface area contributed by atoms with Crippen molar-refractivity contribution in [2.24, 2.45) is 11.7 Å². The standard InChI is InChI=1S/C9H15N3OS/c10-8(9-6-11-14-12-9)5-7-1-3-13-4-2-7/h6-8H,1-5,10H2. The SMILES string of the molecule is NC(CC1CCOCC1)c1cnsn1. The van der Waals surface area contributed by atoms with Crippen molar-refractivity contribution in [3.63, 3.8) is 0 Å². The summed E-state index contributed by atoms with van der Waals surface area (Å²) in [6.07, 6.45) is 5.04. The molecule has 4 nitrogen and oxygen atoms in total. The van der Waals surface area contributed by atoms with E-state index in [2.05, 4.69) is 8.75 Å². The molecule has 1 atom stereocenters. The van der Waals surface area contributed by atoms with Crippen LogP contribution >= 0.6 is 11.7 Å². The monoisotopic (exact) mass is 213 g/mol. The van der Waals surface area contributed by atoms with Crippen LogP contribution in [0.15, 0.2) is 6.20 Å². The van der Waals surface area contributed by atoms with Crippen LogP contribution in [0.4, 0.5) is 0 Å². The Bertz CT molecular complexity index is 259. The Hall–Kier alpha value is -0.520. The molecule has 5 heteroatoms. The molecule has 2 rings (SSSR count). The minimum Gasteiger partial charge on any atom is -0.381 e. The second kappa shape index (κ2) is 4.82. The summed E-state index contributed by atoms with van der Waals surface area (Å²) in [4.78, 5) is 0. The summed E-state index contributed by atoms with van der Waals surface area (Å²) in [5.74, 6) is 0.695. The number of rotatable bonds is 3. The van der Waals surface area contributed by atoms with Crippen molar-refractivity contribution in [3.8, 4) is 0 Å². The average molecular weight is 213 g/mol. The molecule has 1 aliphatic rings. The summed E-state index contributed by atoms with van der Waals surface area (Å²) in [5, 5.41) is 0. The van der Waals surface area contributed by atoms with E-state index in [4.69, 9.17) is 10.5 Å². The summed E-state index contributed by atoms with van der Waals surface area (Å²) in [7, 11) is 0. The predicted octanol–water partition coefficient (Wildman–Crippen LogP) is 1.35. The predicted molar refractivity (Wildman–Crippen MR) is 55.0 cm³/mol. The quantitative estimate of drug-likeness (QED) is 0.823. The lowest BCUT2D eigenvalue weighted by Crippen LogP contribution is -2.21. The zero-order chi connectivity index (χ0) is 9.80. The largest absolute Gasteiger partial charge is 0.381 e.